The molecule has 1 N–H and O–H groups in total. The van der Waals surface area contributed by atoms with Crippen molar-refractivity contribution in [1.82, 2.24) is 19.8 Å². The smallest absolute Gasteiger partial charge is 0.265 e. The van der Waals surface area contributed by atoms with E-state index in [1.807, 2.05) is 0 Å². The summed E-state index contributed by atoms with van der Waals surface area (Å²) in [4.78, 5) is 30.9. The molecule has 0 radical (unpaired) electrons. The minimum atomic E-state index is -0.287. The maximum Gasteiger partial charge on any atom is 0.265 e. The summed E-state index contributed by atoms with van der Waals surface area (Å²) < 4.78 is 6.78. The Morgan fingerprint density at radius 3 is 2.95 bits per heavy atom. The standard InChI is InChI=1S/C15H20N4O3/c1-9-11(12-14(22-9)17-8-19(3)15(12)21)13(20)16-6-7-18(2)10-4-5-10/h8,10H,4-7H2,1-3H3,(H,16,20). The van der Waals surface area contributed by atoms with Gasteiger partial charge in [0.05, 0.1) is 5.56 Å². The summed E-state index contributed by atoms with van der Waals surface area (Å²) >= 11 is 0. The number of carbonyl (C=O) groups is 1. The SMILES string of the molecule is Cc1oc2ncn(C)c(=O)c2c1C(=O)NCCN(C)C1CC1. The molecule has 1 saturated carbocycles. The van der Waals surface area contributed by atoms with Crippen LogP contribution in [-0.2, 0) is 7.05 Å². The minimum Gasteiger partial charge on any atom is -0.442 e. The number of amides is 1. The summed E-state index contributed by atoms with van der Waals surface area (Å²) in [7, 11) is 3.66. The lowest BCUT2D eigenvalue weighted by atomic mass is 10.2. The van der Waals surface area contributed by atoms with E-state index in [-0.39, 0.29) is 28.1 Å². The second-order valence-corrected chi connectivity index (χ2v) is 5.84. The average Bonchev–Trinajstić information content (AvgIpc) is 3.26. The maximum atomic E-state index is 12.4. The maximum absolute atomic E-state index is 12.4. The van der Waals surface area contributed by atoms with Crippen LogP contribution in [0.4, 0.5) is 0 Å². The molecule has 0 saturated heterocycles. The van der Waals surface area contributed by atoms with Gasteiger partial charge in [0.15, 0.2) is 0 Å². The van der Waals surface area contributed by atoms with Crippen LogP contribution < -0.4 is 10.9 Å². The van der Waals surface area contributed by atoms with E-state index in [1.54, 1.807) is 14.0 Å². The van der Waals surface area contributed by atoms with E-state index < -0.39 is 0 Å². The summed E-state index contributed by atoms with van der Waals surface area (Å²) in [5, 5.41) is 3.11. The van der Waals surface area contributed by atoms with Gasteiger partial charge in [-0.3, -0.25) is 9.59 Å². The van der Waals surface area contributed by atoms with Crippen molar-refractivity contribution in [2.45, 2.75) is 25.8 Å². The molecule has 0 atom stereocenters. The van der Waals surface area contributed by atoms with Gasteiger partial charge in [-0.1, -0.05) is 0 Å². The Morgan fingerprint density at radius 1 is 1.55 bits per heavy atom. The monoisotopic (exact) mass is 304 g/mol. The van der Waals surface area contributed by atoms with E-state index in [1.165, 1.54) is 23.7 Å². The van der Waals surface area contributed by atoms with Crippen LogP contribution in [0.15, 0.2) is 15.5 Å². The number of nitrogens with one attached hydrogen (secondary N) is 1. The Bertz CT molecular complexity index is 773. The molecule has 2 aromatic heterocycles. The van der Waals surface area contributed by atoms with Crippen LogP contribution in [-0.4, -0.2) is 46.5 Å². The van der Waals surface area contributed by atoms with Crippen molar-refractivity contribution >= 4 is 17.0 Å². The van der Waals surface area contributed by atoms with Crippen LogP contribution in [0.5, 0.6) is 0 Å². The van der Waals surface area contributed by atoms with Gasteiger partial charge in [0, 0.05) is 26.2 Å². The fraction of sp³-hybridized carbons (Fsp3) is 0.533. The number of fused-ring (bicyclic) bond motifs is 1. The number of likely N-dealkylation sites (N-methyl/N-ethyl adjacent to an activating group) is 1. The lowest BCUT2D eigenvalue weighted by molar-refractivity contribution is 0.0949. The fourth-order valence-corrected chi connectivity index (χ4v) is 2.59. The summed E-state index contributed by atoms with van der Waals surface area (Å²) in [6.07, 6.45) is 3.86. The number of rotatable bonds is 5. The van der Waals surface area contributed by atoms with Gasteiger partial charge in [-0.2, -0.15) is 0 Å². The highest BCUT2D eigenvalue weighted by molar-refractivity contribution is 6.06. The predicted octanol–water partition coefficient (Wildman–Crippen LogP) is 0.659. The number of aromatic nitrogens is 2. The first-order valence-corrected chi connectivity index (χ1v) is 7.42. The molecule has 7 nitrogen and oxygen atoms in total. The Kier molecular flexibility index (Phi) is 3.74. The van der Waals surface area contributed by atoms with Crippen molar-refractivity contribution in [3.63, 3.8) is 0 Å². The van der Waals surface area contributed by atoms with E-state index in [0.717, 1.165) is 6.54 Å². The Hall–Kier alpha value is -2.15. The zero-order valence-corrected chi connectivity index (χ0v) is 13.0. The molecule has 0 aromatic carbocycles. The second kappa shape index (κ2) is 5.57. The Labute approximate surface area is 127 Å². The van der Waals surface area contributed by atoms with Gasteiger partial charge in [-0.25, -0.2) is 4.98 Å². The molecule has 2 aromatic rings. The lowest BCUT2D eigenvalue weighted by Gasteiger charge is -2.15. The number of carbonyl (C=O) groups excluding carboxylic acids is 1. The lowest BCUT2D eigenvalue weighted by Crippen LogP contribution is -2.34. The number of hydrogen-bond acceptors (Lipinski definition) is 5. The first kappa shape index (κ1) is 14.8. The third-order valence-electron chi connectivity index (χ3n) is 4.10. The number of furan rings is 1. The van der Waals surface area contributed by atoms with E-state index in [4.69, 9.17) is 4.42 Å². The summed E-state index contributed by atoms with van der Waals surface area (Å²) in [6, 6.07) is 0.657. The molecule has 0 spiro atoms. The molecule has 0 bridgehead atoms. The summed E-state index contributed by atoms with van der Waals surface area (Å²) in [5.74, 6) is 0.129. The fourth-order valence-electron chi connectivity index (χ4n) is 2.59. The molecule has 2 heterocycles. The van der Waals surface area contributed by atoms with Gasteiger partial charge in [-0.15, -0.1) is 0 Å². The molecule has 1 aliphatic rings. The van der Waals surface area contributed by atoms with Crippen molar-refractivity contribution in [3.05, 3.63) is 28.0 Å². The van der Waals surface area contributed by atoms with Crippen molar-refractivity contribution < 1.29 is 9.21 Å². The quantitative estimate of drug-likeness (QED) is 0.877. The van der Waals surface area contributed by atoms with Crippen molar-refractivity contribution in [2.75, 3.05) is 20.1 Å². The first-order chi connectivity index (χ1) is 10.5. The van der Waals surface area contributed by atoms with Gasteiger partial charge in [0.25, 0.3) is 11.5 Å². The normalized spacial score (nSPS) is 14.7. The van der Waals surface area contributed by atoms with Crippen LogP contribution in [0, 0.1) is 6.92 Å². The molecule has 7 heteroatoms. The number of aryl methyl sites for hydroxylation is 2. The van der Waals surface area contributed by atoms with Gasteiger partial charge < -0.3 is 19.2 Å². The zero-order valence-electron chi connectivity index (χ0n) is 13.0. The van der Waals surface area contributed by atoms with E-state index in [9.17, 15) is 9.59 Å². The zero-order chi connectivity index (χ0) is 15.9. The molecule has 118 valence electrons. The minimum absolute atomic E-state index is 0.209. The van der Waals surface area contributed by atoms with Gasteiger partial charge in [-0.05, 0) is 26.8 Å². The molecular formula is C15H20N4O3. The molecule has 1 aliphatic carbocycles. The third kappa shape index (κ3) is 2.64. The Morgan fingerprint density at radius 2 is 2.27 bits per heavy atom. The van der Waals surface area contributed by atoms with Crippen LogP contribution in [0.1, 0.15) is 29.0 Å². The van der Waals surface area contributed by atoms with E-state index in [0.29, 0.717) is 18.3 Å². The molecule has 1 fully saturated rings. The van der Waals surface area contributed by atoms with Gasteiger partial charge in [0.1, 0.15) is 17.5 Å². The number of hydrogen-bond donors (Lipinski definition) is 1. The van der Waals surface area contributed by atoms with Crippen LogP contribution in [0.3, 0.4) is 0 Å². The third-order valence-corrected chi connectivity index (χ3v) is 4.10. The highest BCUT2D eigenvalue weighted by Gasteiger charge is 2.26. The first-order valence-electron chi connectivity index (χ1n) is 7.42. The van der Waals surface area contributed by atoms with Crippen LogP contribution >= 0.6 is 0 Å². The van der Waals surface area contributed by atoms with E-state index >= 15 is 0 Å². The van der Waals surface area contributed by atoms with Crippen LogP contribution in [0.25, 0.3) is 11.1 Å². The molecule has 0 unspecified atom stereocenters. The Balaban J connectivity index is 1.79. The topological polar surface area (TPSA) is 80.4 Å². The predicted molar refractivity (Wildman–Crippen MR) is 82.0 cm³/mol. The number of nitrogens with zero attached hydrogens (tertiary/aromatic N) is 3. The molecule has 0 aliphatic heterocycles. The van der Waals surface area contributed by atoms with Gasteiger partial charge in [0.2, 0.25) is 5.71 Å². The van der Waals surface area contributed by atoms with Crippen molar-refractivity contribution in [3.8, 4) is 0 Å². The highest BCUT2D eigenvalue weighted by atomic mass is 16.3. The second-order valence-electron chi connectivity index (χ2n) is 5.84. The average molecular weight is 304 g/mol. The van der Waals surface area contributed by atoms with Crippen molar-refractivity contribution in [1.29, 1.82) is 0 Å². The van der Waals surface area contributed by atoms with Gasteiger partial charge >= 0.3 is 0 Å². The van der Waals surface area contributed by atoms with Crippen LogP contribution in [0.2, 0.25) is 0 Å². The molecule has 1 amide bonds. The van der Waals surface area contributed by atoms with Crippen molar-refractivity contribution in [2.24, 2.45) is 7.05 Å². The highest BCUT2D eigenvalue weighted by Crippen LogP contribution is 2.24. The van der Waals surface area contributed by atoms with E-state index in [2.05, 4.69) is 22.2 Å². The summed E-state index contributed by atoms with van der Waals surface area (Å²) in [6.45, 7) is 3.01. The summed E-state index contributed by atoms with van der Waals surface area (Å²) in [5.41, 5.74) is 0.223. The molecular weight excluding hydrogens is 284 g/mol. The molecule has 22 heavy (non-hydrogen) atoms. The largest absolute Gasteiger partial charge is 0.442 e. The molecule has 3 rings (SSSR count).